The van der Waals surface area contributed by atoms with Crippen LogP contribution < -0.4 is 10.2 Å². The molecule has 0 atom stereocenters. The lowest BCUT2D eigenvalue weighted by Gasteiger charge is -2.09. The topological polar surface area (TPSA) is 51.1 Å². The van der Waals surface area contributed by atoms with Crippen LogP contribution in [0.25, 0.3) is 0 Å². The van der Waals surface area contributed by atoms with E-state index in [0.717, 1.165) is 17.0 Å². The first-order valence-corrected chi connectivity index (χ1v) is 6.56. The van der Waals surface area contributed by atoms with E-state index in [1.54, 1.807) is 19.2 Å². The van der Waals surface area contributed by atoms with Crippen LogP contribution in [0.3, 0.4) is 0 Å². The third-order valence-electron chi connectivity index (χ3n) is 2.74. The zero-order valence-corrected chi connectivity index (χ0v) is 11.4. The molecule has 0 aliphatic heterocycles. The molecular weight excluding hydrogens is 267 g/mol. The van der Waals surface area contributed by atoms with Gasteiger partial charge < -0.3 is 5.32 Å². The van der Waals surface area contributed by atoms with Crippen molar-refractivity contribution < 1.29 is 9.18 Å². The van der Waals surface area contributed by atoms with E-state index in [-0.39, 0.29) is 23.1 Å². The zero-order valence-electron chi connectivity index (χ0n) is 10.6. The van der Waals surface area contributed by atoms with Crippen molar-refractivity contribution in [3.8, 4) is 0 Å². The highest BCUT2D eigenvalue weighted by atomic mass is 32.1. The van der Waals surface area contributed by atoms with Crippen molar-refractivity contribution in [1.82, 2.24) is 4.57 Å². The number of hydrogen-bond acceptors (Lipinski definition) is 3. The highest BCUT2D eigenvalue weighted by Crippen LogP contribution is 2.15. The number of nitrogens with zero attached hydrogens (tertiary/aromatic N) is 1. The van der Waals surface area contributed by atoms with Crippen molar-refractivity contribution >= 4 is 22.9 Å². The monoisotopic (exact) mass is 280 g/mol. The number of anilines is 1. The second-order valence-electron chi connectivity index (χ2n) is 4.24. The summed E-state index contributed by atoms with van der Waals surface area (Å²) in [6, 6.07) is 4.13. The highest BCUT2D eigenvalue weighted by Gasteiger charge is 2.10. The molecule has 1 N–H and O–H groups in total. The van der Waals surface area contributed by atoms with Crippen molar-refractivity contribution in [1.29, 1.82) is 0 Å². The average molecular weight is 280 g/mol. The van der Waals surface area contributed by atoms with Crippen molar-refractivity contribution in [2.45, 2.75) is 20.4 Å². The molecule has 0 unspecified atom stereocenters. The number of carbonyl (C=O) groups is 1. The van der Waals surface area contributed by atoms with Gasteiger partial charge in [0.2, 0.25) is 5.91 Å². The summed E-state index contributed by atoms with van der Waals surface area (Å²) in [7, 11) is 0. The fourth-order valence-electron chi connectivity index (χ4n) is 1.70. The van der Waals surface area contributed by atoms with Gasteiger partial charge in [-0.15, -0.1) is 0 Å². The number of aromatic nitrogens is 1. The number of rotatable bonds is 3. The number of carbonyl (C=O) groups excluding carboxylic acids is 1. The minimum atomic E-state index is -0.347. The minimum absolute atomic E-state index is 0.0367. The van der Waals surface area contributed by atoms with Gasteiger partial charge in [0.15, 0.2) is 0 Å². The van der Waals surface area contributed by atoms with Crippen LogP contribution in [0.4, 0.5) is 10.1 Å². The standard InChI is InChI=1S/C13H13FN2O2S/c1-8-5-10(14)3-4-11(8)15-12(17)6-16-9(2)7-19-13(16)18/h3-5,7H,6H2,1-2H3,(H,15,17). The second-order valence-corrected chi connectivity index (χ2v) is 5.06. The summed E-state index contributed by atoms with van der Waals surface area (Å²) >= 11 is 1.06. The fraction of sp³-hybridized carbons (Fsp3) is 0.231. The van der Waals surface area contributed by atoms with Crippen molar-refractivity contribution in [2.75, 3.05) is 5.32 Å². The number of aryl methyl sites for hydroxylation is 2. The Kier molecular flexibility index (Phi) is 3.80. The number of thiazole rings is 1. The van der Waals surface area contributed by atoms with Crippen molar-refractivity contribution in [3.63, 3.8) is 0 Å². The summed E-state index contributed by atoms with van der Waals surface area (Å²) in [6.45, 7) is 3.44. The second kappa shape index (κ2) is 5.36. The number of halogens is 1. The molecule has 0 bridgehead atoms. The van der Waals surface area contributed by atoms with Crippen molar-refractivity contribution in [3.05, 3.63) is 50.3 Å². The Balaban J connectivity index is 2.12. The maximum atomic E-state index is 12.9. The van der Waals surface area contributed by atoms with Gasteiger partial charge in [-0.2, -0.15) is 0 Å². The van der Waals surface area contributed by atoms with Gasteiger partial charge in [0.25, 0.3) is 0 Å². The van der Waals surface area contributed by atoms with E-state index >= 15 is 0 Å². The molecule has 0 saturated heterocycles. The van der Waals surface area contributed by atoms with Crippen LogP contribution in [0.15, 0.2) is 28.4 Å². The Bertz CT molecular complexity index is 676. The normalized spacial score (nSPS) is 10.5. The predicted molar refractivity (Wildman–Crippen MR) is 73.1 cm³/mol. The van der Waals surface area contributed by atoms with E-state index in [2.05, 4.69) is 5.32 Å². The molecule has 100 valence electrons. The Morgan fingerprint density at radius 2 is 2.16 bits per heavy atom. The van der Waals surface area contributed by atoms with Crippen LogP contribution >= 0.6 is 11.3 Å². The molecule has 1 aromatic carbocycles. The molecule has 1 amide bonds. The van der Waals surface area contributed by atoms with Crippen molar-refractivity contribution in [2.24, 2.45) is 0 Å². The van der Waals surface area contributed by atoms with E-state index in [4.69, 9.17) is 0 Å². The molecule has 2 aromatic rings. The molecule has 0 aliphatic carbocycles. The summed E-state index contributed by atoms with van der Waals surface area (Å²) < 4.78 is 14.3. The maximum absolute atomic E-state index is 12.9. The molecule has 6 heteroatoms. The first-order chi connectivity index (χ1) is 8.97. The molecule has 0 aliphatic rings. The molecule has 1 aromatic heterocycles. The smallest absolute Gasteiger partial charge is 0.307 e. The zero-order chi connectivity index (χ0) is 14.0. The molecule has 2 rings (SSSR count). The van der Waals surface area contributed by atoms with Gasteiger partial charge in [0, 0.05) is 16.8 Å². The van der Waals surface area contributed by atoms with Gasteiger partial charge in [0.1, 0.15) is 12.4 Å². The van der Waals surface area contributed by atoms with Crippen LogP contribution in [0.5, 0.6) is 0 Å². The largest absolute Gasteiger partial charge is 0.324 e. The lowest BCUT2D eigenvalue weighted by Crippen LogP contribution is -2.25. The van der Waals surface area contributed by atoms with E-state index < -0.39 is 0 Å². The number of nitrogens with one attached hydrogen (secondary N) is 1. The van der Waals surface area contributed by atoms with E-state index in [1.165, 1.54) is 22.8 Å². The summed E-state index contributed by atoms with van der Waals surface area (Å²) in [5.74, 6) is -0.654. The average Bonchev–Trinajstić information content (AvgIpc) is 2.65. The molecule has 1 heterocycles. The number of amides is 1. The fourth-order valence-corrected chi connectivity index (χ4v) is 2.43. The van der Waals surface area contributed by atoms with Crippen LogP contribution in [0.2, 0.25) is 0 Å². The van der Waals surface area contributed by atoms with Gasteiger partial charge in [0.05, 0.1) is 0 Å². The Morgan fingerprint density at radius 3 is 2.74 bits per heavy atom. The summed E-state index contributed by atoms with van der Waals surface area (Å²) in [6.07, 6.45) is 0. The third kappa shape index (κ3) is 3.08. The summed E-state index contributed by atoms with van der Waals surface area (Å²) in [5, 5.41) is 4.38. The molecule has 4 nitrogen and oxygen atoms in total. The predicted octanol–water partition coefficient (Wildman–Crippen LogP) is 2.30. The minimum Gasteiger partial charge on any atom is -0.324 e. The molecule has 0 spiro atoms. The lowest BCUT2D eigenvalue weighted by atomic mass is 10.2. The third-order valence-corrected chi connectivity index (χ3v) is 3.62. The Hall–Kier alpha value is -1.95. The number of hydrogen-bond donors (Lipinski definition) is 1. The lowest BCUT2D eigenvalue weighted by molar-refractivity contribution is -0.116. The molecule has 0 fully saturated rings. The Labute approximate surface area is 113 Å². The number of benzene rings is 1. The molecular formula is C13H13FN2O2S. The molecule has 0 saturated carbocycles. The van der Waals surface area contributed by atoms with Crippen LogP contribution in [-0.4, -0.2) is 10.5 Å². The maximum Gasteiger partial charge on any atom is 0.307 e. The van der Waals surface area contributed by atoms with Gasteiger partial charge >= 0.3 is 4.87 Å². The van der Waals surface area contributed by atoms with E-state index in [0.29, 0.717) is 11.3 Å². The van der Waals surface area contributed by atoms with Crippen LogP contribution in [0.1, 0.15) is 11.3 Å². The quantitative estimate of drug-likeness (QED) is 0.938. The first-order valence-electron chi connectivity index (χ1n) is 5.68. The van der Waals surface area contributed by atoms with Gasteiger partial charge in [-0.05, 0) is 37.6 Å². The summed E-state index contributed by atoms with van der Waals surface area (Å²) in [5.41, 5.74) is 1.94. The van der Waals surface area contributed by atoms with Crippen LogP contribution in [0, 0.1) is 19.7 Å². The van der Waals surface area contributed by atoms with E-state index in [1.807, 2.05) is 0 Å². The summed E-state index contributed by atoms with van der Waals surface area (Å²) in [4.78, 5) is 23.2. The van der Waals surface area contributed by atoms with Gasteiger partial charge in [-0.3, -0.25) is 14.2 Å². The van der Waals surface area contributed by atoms with Crippen LogP contribution in [-0.2, 0) is 11.3 Å². The van der Waals surface area contributed by atoms with Gasteiger partial charge in [-0.25, -0.2) is 4.39 Å². The Morgan fingerprint density at radius 1 is 1.42 bits per heavy atom. The van der Waals surface area contributed by atoms with Gasteiger partial charge in [-0.1, -0.05) is 11.3 Å². The van der Waals surface area contributed by atoms with E-state index in [9.17, 15) is 14.0 Å². The highest BCUT2D eigenvalue weighted by molar-refractivity contribution is 7.07. The SMILES string of the molecule is Cc1cc(F)ccc1NC(=O)Cn1c(C)csc1=O. The molecule has 19 heavy (non-hydrogen) atoms. The first kappa shape index (κ1) is 13.5. The molecule has 0 radical (unpaired) electrons.